The van der Waals surface area contributed by atoms with Gasteiger partial charge in [0.2, 0.25) is 0 Å². The van der Waals surface area contributed by atoms with Crippen LogP contribution in [0.4, 0.5) is 0 Å². The second-order valence-corrected chi connectivity index (χ2v) is 5.84. The summed E-state index contributed by atoms with van der Waals surface area (Å²) in [5, 5.41) is 6.92. The molecule has 1 atom stereocenters. The Morgan fingerprint density at radius 2 is 2.00 bits per heavy atom. The van der Waals surface area contributed by atoms with E-state index in [0.29, 0.717) is 5.75 Å². The van der Waals surface area contributed by atoms with Crippen LogP contribution in [0.25, 0.3) is 10.4 Å². The Balaban J connectivity index is 1.77. The molecule has 0 unspecified atom stereocenters. The maximum absolute atomic E-state index is 8.27. The van der Waals surface area contributed by atoms with Crippen LogP contribution in [0.3, 0.4) is 0 Å². The zero-order valence-electron chi connectivity index (χ0n) is 14.3. The highest BCUT2D eigenvalue weighted by molar-refractivity contribution is 5.30. The van der Waals surface area contributed by atoms with Crippen molar-refractivity contribution < 1.29 is 4.74 Å². The molecule has 5 nitrogen and oxygen atoms in total. The molecule has 5 heteroatoms. The summed E-state index contributed by atoms with van der Waals surface area (Å²) in [6, 6.07) is 16.8. The predicted molar refractivity (Wildman–Crippen MR) is 97.0 cm³/mol. The van der Waals surface area contributed by atoms with Gasteiger partial charge in [-0.1, -0.05) is 47.1 Å². The van der Waals surface area contributed by atoms with Crippen molar-refractivity contribution in [3.05, 3.63) is 75.7 Å². The van der Waals surface area contributed by atoms with E-state index in [1.54, 1.807) is 0 Å². The quantitative estimate of drug-likeness (QED) is 0.308. The van der Waals surface area contributed by atoms with Gasteiger partial charge in [0.05, 0.1) is 0 Å². The van der Waals surface area contributed by atoms with Crippen LogP contribution in [0.5, 0.6) is 5.75 Å². The molecule has 2 rings (SSSR count). The standard InChI is InChI=1S/C19H24N4O/c1-15-8-10-17(11-9-15)5-4-12-21-16(2)18-6-3-7-19(13-18)24-14-22-23-20/h3,6-11,13,16,21H,4-5,12,14H2,1-2H3/t16-/m0/s1. The molecule has 0 heterocycles. The summed E-state index contributed by atoms with van der Waals surface area (Å²) >= 11 is 0. The van der Waals surface area contributed by atoms with Crippen LogP contribution in [-0.4, -0.2) is 13.3 Å². The van der Waals surface area contributed by atoms with Crippen LogP contribution in [0.2, 0.25) is 0 Å². The molecule has 0 saturated carbocycles. The van der Waals surface area contributed by atoms with Crippen LogP contribution in [0.15, 0.2) is 53.6 Å². The average Bonchev–Trinajstić information content (AvgIpc) is 2.60. The Bertz CT molecular complexity index is 678. The number of hydrogen-bond acceptors (Lipinski definition) is 3. The second-order valence-electron chi connectivity index (χ2n) is 5.84. The summed E-state index contributed by atoms with van der Waals surface area (Å²) in [6.45, 7) is 5.22. The van der Waals surface area contributed by atoms with Crippen molar-refractivity contribution >= 4 is 0 Å². The molecule has 0 aliphatic rings. The normalized spacial score (nSPS) is 11.6. The number of nitrogens with zero attached hydrogens (tertiary/aromatic N) is 3. The van der Waals surface area contributed by atoms with Gasteiger partial charge in [0.1, 0.15) is 5.75 Å². The molecule has 0 saturated heterocycles. The van der Waals surface area contributed by atoms with Gasteiger partial charge in [-0.15, -0.1) is 0 Å². The minimum atomic E-state index is 0.0122. The minimum Gasteiger partial charge on any atom is -0.488 e. The van der Waals surface area contributed by atoms with Crippen molar-refractivity contribution in [2.75, 3.05) is 13.3 Å². The predicted octanol–water partition coefficient (Wildman–Crippen LogP) is 4.93. The number of hydrogen-bond donors (Lipinski definition) is 1. The van der Waals surface area contributed by atoms with Crippen LogP contribution in [0, 0.1) is 6.92 Å². The number of aryl methyl sites for hydroxylation is 2. The van der Waals surface area contributed by atoms with Gasteiger partial charge in [0.25, 0.3) is 0 Å². The highest BCUT2D eigenvalue weighted by Crippen LogP contribution is 2.19. The molecule has 0 aliphatic carbocycles. The zero-order chi connectivity index (χ0) is 17.2. The van der Waals surface area contributed by atoms with Gasteiger partial charge in [-0.25, -0.2) is 0 Å². The van der Waals surface area contributed by atoms with E-state index < -0.39 is 0 Å². The topological polar surface area (TPSA) is 70.0 Å². The van der Waals surface area contributed by atoms with Gasteiger partial charge < -0.3 is 10.1 Å². The van der Waals surface area contributed by atoms with Crippen molar-refractivity contribution in [1.82, 2.24) is 5.32 Å². The third-order valence-electron chi connectivity index (χ3n) is 3.92. The van der Waals surface area contributed by atoms with E-state index in [-0.39, 0.29) is 12.8 Å². The van der Waals surface area contributed by atoms with Gasteiger partial charge in [0.15, 0.2) is 6.73 Å². The molecule has 0 bridgehead atoms. The van der Waals surface area contributed by atoms with Crippen molar-refractivity contribution in [3.8, 4) is 5.75 Å². The average molecular weight is 324 g/mol. The van der Waals surface area contributed by atoms with Crippen LogP contribution < -0.4 is 10.1 Å². The lowest BCUT2D eigenvalue weighted by Crippen LogP contribution is -2.20. The van der Waals surface area contributed by atoms with Gasteiger partial charge in [-0.05, 0) is 62.0 Å². The van der Waals surface area contributed by atoms with Gasteiger partial charge in [-0.2, -0.15) is 0 Å². The summed E-state index contributed by atoms with van der Waals surface area (Å²) in [7, 11) is 0. The molecule has 1 N–H and O–H groups in total. The molecule has 0 amide bonds. The highest BCUT2D eigenvalue weighted by atomic mass is 16.5. The van der Waals surface area contributed by atoms with E-state index in [4.69, 9.17) is 10.3 Å². The summed E-state index contributed by atoms with van der Waals surface area (Å²) < 4.78 is 5.38. The van der Waals surface area contributed by atoms with Crippen molar-refractivity contribution in [2.45, 2.75) is 32.7 Å². The molecule has 2 aromatic carbocycles. The Morgan fingerprint density at radius 3 is 2.75 bits per heavy atom. The van der Waals surface area contributed by atoms with Crippen molar-refractivity contribution in [2.24, 2.45) is 5.11 Å². The highest BCUT2D eigenvalue weighted by Gasteiger charge is 2.05. The zero-order valence-corrected chi connectivity index (χ0v) is 14.3. The Labute approximate surface area is 143 Å². The molecule has 0 fully saturated rings. The Morgan fingerprint density at radius 1 is 1.21 bits per heavy atom. The first-order valence-electron chi connectivity index (χ1n) is 8.21. The summed E-state index contributed by atoms with van der Waals surface area (Å²) in [6.07, 6.45) is 2.18. The monoisotopic (exact) mass is 324 g/mol. The van der Waals surface area contributed by atoms with Crippen molar-refractivity contribution in [3.63, 3.8) is 0 Å². The number of benzene rings is 2. The maximum Gasteiger partial charge on any atom is 0.167 e. The third kappa shape index (κ3) is 5.95. The SMILES string of the molecule is Cc1ccc(CCCN[C@@H](C)c2cccc(OCN=[N+]=[N-])c2)cc1. The van der Waals surface area contributed by atoms with E-state index in [9.17, 15) is 0 Å². The summed E-state index contributed by atoms with van der Waals surface area (Å²) in [5.74, 6) is 0.716. The summed E-state index contributed by atoms with van der Waals surface area (Å²) in [5.41, 5.74) is 12.1. The van der Waals surface area contributed by atoms with Crippen LogP contribution >= 0.6 is 0 Å². The van der Waals surface area contributed by atoms with E-state index in [2.05, 4.69) is 59.5 Å². The first kappa shape index (κ1) is 17.9. The lowest BCUT2D eigenvalue weighted by atomic mass is 10.1. The fourth-order valence-corrected chi connectivity index (χ4v) is 2.49. The fraction of sp³-hybridized carbons (Fsp3) is 0.368. The number of nitrogens with one attached hydrogen (secondary N) is 1. The molecule has 24 heavy (non-hydrogen) atoms. The lowest BCUT2D eigenvalue weighted by molar-refractivity contribution is 0.328. The molecule has 0 spiro atoms. The number of rotatable bonds is 9. The third-order valence-corrected chi connectivity index (χ3v) is 3.92. The minimum absolute atomic E-state index is 0.0122. The molecular weight excluding hydrogens is 300 g/mol. The Hall–Kier alpha value is -2.49. The first-order chi connectivity index (χ1) is 11.7. The number of azide groups is 1. The van der Waals surface area contributed by atoms with E-state index in [0.717, 1.165) is 24.9 Å². The van der Waals surface area contributed by atoms with E-state index in [1.807, 2.05) is 18.2 Å². The Kier molecular flexibility index (Phi) is 7.15. The second kappa shape index (κ2) is 9.60. The summed E-state index contributed by atoms with van der Waals surface area (Å²) in [4.78, 5) is 2.68. The van der Waals surface area contributed by atoms with Crippen LogP contribution in [-0.2, 0) is 6.42 Å². The molecule has 0 radical (unpaired) electrons. The molecule has 126 valence electrons. The molecule has 2 aromatic rings. The number of ether oxygens (including phenoxy) is 1. The smallest absolute Gasteiger partial charge is 0.167 e. The maximum atomic E-state index is 8.27. The van der Waals surface area contributed by atoms with E-state index in [1.165, 1.54) is 11.1 Å². The van der Waals surface area contributed by atoms with Gasteiger partial charge in [0, 0.05) is 11.0 Å². The van der Waals surface area contributed by atoms with Gasteiger partial charge in [-0.3, -0.25) is 0 Å². The first-order valence-corrected chi connectivity index (χ1v) is 8.21. The van der Waals surface area contributed by atoms with E-state index >= 15 is 0 Å². The van der Waals surface area contributed by atoms with Crippen molar-refractivity contribution in [1.29, 1.82) is 0 Å². The molecule has 0 aromatic heterocycles. The lowest BCUT2D eigenvalue weighted by Gasteiger charge is -2.15. The molecule has 0 aliphatic heterocycles. The van der Waals surface area contributed by atoms with Crippen LogP contribution in [0.1, 0.15) is 36.1 Å². The molecular formula is C19H24N4O. The fourth-order valence-electron chi connectivity index (χ4n) is 2.49. The largest absolute Gasteiger partial charge is 0.488 e. The van der Waals surface area contributed by atoms with Gasteiger partial charge >= 0.3 is 0 Å².